The Hall–Kier alpha value is -2.25. The predicted octanol–water partition coefficient (Wildman–Crippen LogP) is 2.04. The summed E-state index contributed by atoms with van der Waals surface area (Å²) in [5.74, 6) is 1.66. The third-order valence-electron chi connectivity index (χ3n) is 4.51. The Bertz CT molecular complexity index is 816. The van der Waals surface area contributed by atoms with Crippen molar-refractivity contribution in [1.82, 2.24) is 24.4 Å². The van der Waals surface area contributed by atoms with Crippen molar-refractivity contribution in [2.24, 2.45) is 7.05 Å². The molecule has 1 aromatic carbocycles. The number of rotatable bonds is 5. The molecule has 24 heavy (non-hydrogen) atoms. The van der Waals surface area contributed by atoms with E-state index in [1.807, 2.05) is 40.8 Å². The monoisotopic (exact) mass is 329 g/mol. The fraction of sp³-hybridized carbons (Fsp3) is 0.412. The molecule has 7 heteroatoms. The van der Waals surface area contributed by atoms with Gasteiger partial charge in [-0.15, -0.1) is 0 Å². The number of aromatic amines is 1. The van der Waals surface area contributed by atoms with Crippen molar-refractivity contribution in [3.8, 4) is 0 Å². The number of aromatic nitrogens is 4. The number of hydrogen-bond acceptors (Lipinski definition) is 4. The summed E-state index contributed by atoms with van der Waals surface area (Å²) in [6.07, 6.45) is 2.06. The summed E-state index contributed by atoms with van der Waals surface area (Å²) in [7, 11) is 1.96. The fourth-order valence-corrected chi connectivity index (χ4v) is 3.20. The highest BCUT2D eigenvalue weighted by Crippen LogP contribution is 2.21. The average molecular weight is 329 g/mol. The first kappa shape index (κ1) is 15.3. The van der Waals surface area contributed by atoms with Gasteiger partial charge in [0.15, 0.2) is 0 Å². The third-order valence-corrected chi connectivity index (χ3v) is 4.51. The molecule has 1 fully saturated rings. The first-order valence-corrected chi connectivity index (χ1v) is 8.07. The van der Waals surface area contributed by atoms with Gasteiger partial charge in [0.25, 0.3) is 0 Å². The summed E-state index contributed by atoms with van der Waals surface area (Å²) < 4.78 is 22.1. The number of nitrogens with zero attached hydrogens (tertiary/aromatic N) is 4. The maximum atomic E-state index is 14.3. The number of halogens is 1. The van der Waals surface area contributed by atoms with Crippen LogP contribution in [0.4, 0.5) is 4.39 Å². The maximum Gasteiger partial charge on any atom is 0.140 e. The second kappa shape index (κ2) is 6.33. The number of H-pyrrole nitrogens is 1. The van der Waals surface area contributed by atoms with Crippen molar-refractivity contribution >= 4 is 11.0 Å². The van der Waals surface area contributed by atoms with Gasteiger partial charge in [-0.2, -0.15) is 0 Å². The Morgan fingerprint density at radius 3 is 3.00 bits per heavy atom. The second-order valence-electron chi connectivity index (χ2n) is 6.17. The molecule has 3 heterocycles. The van der Waals surface area contributed by atoms with E-state index >= 15 is 0 Å². The first-order chi connectivity index (χ1) is 11.7. The molecule has 2 atom stereocenters. The van der Waals surface area contributed by atoms with Crippen LogP contribution in [0.25, 0.3) is 11.0 Å². The normalized spacial score (nSPS) is 21.8. The molecular formula is C17H20FN5O. The number of para-hydroxylation sites is 2. The van der Waals surface area contributed by atoms with Gasteiger partial charge in [0.1, 0.15) is 30.5 Å². The molecule has 0 unspecified atom stereocenters. The van der Waals surface area contributed by atoms with Crippen LogP contribution in [-0.4, -0.2) is 49.8 Å². The van der Waals surface area contributed by atoms with Gasteiger partial charge in [0, 0.05) is 32.5 Å². The number of aryl methyl sites for hydroxylation is 1. The van der Waals surface area contributed by atoms with E-state index in [0.29, 0.717) is 26.2 Å². The molecule has 0 bridgehead atoms. The van der Waals surface area contributed by atoms with Crippen LogP contribution >= 0.6 is 0 Å². The quantitative estimate of drug-likeness (QED) is 0.778. The summed E-state index contributed by atoms with van der Waals surface area (Å²) in [5, 5.41) is 0. The molecule has 1 aliphatic heterocycles. The van der Waals surface area contributed by atoms with E-state index in [-0.39, 0.29) is 0 Å². The largest absolute Gasteiger partial charge is 0.366 e. The molecule has 0 spiro atoms. The fourth-order valence-electron chi connectivity index (χ4n) is 3.20. The van der Waals surface area contributed by atoms with Gasteiger partial charge >= 0.3 is 0 Å². The van der Waals surface area contributed by atoms with Gasteiger partial charge in [-0.05, 0) is 12.1 Å². The van der Waals surface area contributed by atoms with Crippen LogP contribution in [0.3, 0.4) is 0 Å². The number of likely N-dealkylation sites (tertiary alicyclic amines) is 1. The summed E-state index contributed by atoms with van der Waals surface area (Å²) >= 11 is 0. The van der Waals surface area contributed by atoms with E-state index in [4.69, 9.17) is 4.74 Å². The number of hydrogen-bond donors (Lipinski definition) is 1. The van der Waals surface area contributed by atoms with Crippen LogP contribution < -0.4 is 0 Å². The van der Waals surface area contributed by atoms with Crippen LogP contribution in [0.1, 0.15) is 11.6 Å². The molecule has 1 saturated heterocycles. The zero-order chi connectivity index (χ0) is 16.5. The lowest BCUT2D eigenvalue weighted by Gasteiger charge is -2.14. The zero-order valence-electron chi connectivity index (χ0n) is 13.5. The Labute approximate surface area is 139 Å². The lowest BCUT2D eigenvalue weighted by molar-refractivity contribution is 0.00745. The smallest absolute Gasteiger partial charge is 0.140 e. The van der Waals surface area contributed by atoms with E-state index in [1.165, 1.54) is 0 Å². The topological polar surface area (TPSA) is 59.0 Å². The van der Waals surface area contributed by atoms with Crippen molar-refractivity contribution in [2.75, 3.05) is 13.1 Å². The summed E-state index contributed by atoms with van der Waals surface area (Å²) in [4.78, 5) is 13.8. The molecule has 0 radical (unpaired) electrons. The molecule has 6 nitrogen and oxygen atoms in total. The molecular weight excluding hydrogens is 309 g/mol. The molecule has 0 saturated carbocycles. The molecule has 3 aromatic rings. The SMILES string of the molecule is Cn1c(CO[C@H]2CN(Cc3ncc[nH]3)C[C@H]2F)nc2ccccc21. The highest BCUT2D eigenvalue weighted by atomic mass is 19.1. The van der Waals surface area contributed by atoms with Crippen LogP contribution in [0.5, 0.6) is 0 Å². The van der Waals surface area contributed by atoms with Crippen LogP contribution in [0.15, 0.2) is 36.7 Å². The van der Waals surface area contributed by atoms with Crippen molar-refractivity contribution in [3.05, 3.63) is 48.3 Å². The van der Waals surface area contributed by atoms with Crippen LogP contribution in [0.2, 0.25) is 0 Å². The van der Waals surface area contributed by atoms with E-state index < -0.39 is 12.3 Å². The molecule has 1 aliphatic rings. The number of nitrogens with one attached hydrogen (secondary N) is 1. The van der Waals surface area contributed by atoms with Crippen LogP contribution in [0, 0.1) is 0 Å². The van der Waals surface area contributed by atoms with E-state index in [9.17, 15) is 4.39 Å². The van der Waals surface area contributed by atoms with Crippen molar-refractivity contribution in [1.29, 1.82) is 0 Å². The third kappa shape index (κ3) is 2.92. The van der Waals surface area contributed by atoms with Crippen molar-refractivity contribution in [3.63, 3.8) is 0 Å². The summed E-state index contributed by atoms with van der Waals surface area (Å²) in [6.45, 7) is 1.85. The van der Waals surface area contributed by atoms with Gasteiger partial charge in [0.05, 0.1) is 17.6 Å². The predicted molar refractivity (Wildman–Crippen MR) is 88.1 cm³/mol. The maximum absolute atomic E-state index is 14.3. The Morgan fingerprint density at radius 2 is 2.21 bits per heavy atom. The minimum absolute atomic E-state index is 0.310. The Morgan fingerprint density at radius 1 is 1.33 bits per heavy atom. The lowest BCUT2D eigenvalue weighted by atomic mass is 10.3. The molecule has 0 amide bonds. The molecule has 1 N–H and O–H groups in total. The molecule has 0 aliphatic carbocycles. The summed E-state index contributed by atoms with van der Waals surface area (Å²) in [6, 6.07) is 7.93. The standard InChI is InChI=1S/C17H20FN5O/c1-22-14-5-3-2-4-13(14)21-17(22)11-24-15-9-23(8-12(15)18)10-16-19-6-7-20-16/h2-7,12,15H,8-11H2,1H3,(H,19,20)/t12-,15+/m1/s1. The van der Waals surface area contributed by atoms with Gasteiger partial charge < -0.3 is 14.3 Å². The number of ether oxygens (including phenoxy) is 1. The minimum atomic E-state index is -0.991. The Kier molecular flexibility index (Phi) is 4.03. The van der Waals surface area contributed by atoms with Crippen molar-refractivity contribution in [2.45, 2.75) is 25.4 Å². The average Bonchev–Trinajstić information content (AvgIpc) is 3.28. The van der Waals surface area contributed by atoms with E-state index in [2.05, 4.69) is 15.0 Å². The Balaban J connectivity index is 1.39. The highest BCUT2D eigenvalue weighted by Gasteiger charge is 2.34. The molecule has 126 valence electrons. The van der Waals surface area contributed by atoms with Crippen LogP contribution in [-0.2, 0) is 24.9 Å². The number of imidazole rings is 2. The van der Waals surface area contributed by atoms with E-state index in [0.717, 1.165) is 22.7 Å². The van der Waals surface area contributed by atoms with Crippen molar-refractivity contribution < 1.29 is 9.13 Å². The first-order valence-electron chi connectivity index (χ1n) is 8.07. The molecule has 2 aromatic heterocycles. The van der Waals surface area contributed by atoms with Gasteiger partial charge in [-0.3, -0.25) is 4.90 Å². The van der Waals surface area contributed by atoms with Gasteiger partial charge in [-0.1, -0.05) is 12.1 Å². The number of fused-ring (bicyclic) bond motifs is 1. The summed E-state index contributed by atoms with van der Waals surface area (Å²) in [5.41, 5.74) is 1.99. The molecule has 4 rings (SSSR count). The zero-order valence-corrected chi connectivity index (χ0v) is 13.5. The second-order valence-corrected chi connectivity index (χ2v) is 6.17. The minimum Gasteiger partial charge on any atom is -0.366 e. The lowest BCUT2D eigenvalue weighted by Crippen LogP contribution is -2.25. The van der Waals surface area contributed by atoms with E-state index in [1.54, 1.807) is 12.4 Å². The highest BCUT2D eigenvalue weighted by molar-refractivity contribution is 5.75. The van der Waals surface area contributed by atoms with Gasteiger partial charge in [-0.25, -0.2) is 14.4 Å². The number of benzene rings is 1. The van der Waals surface area contributed by atoms with Gasteiger partial charge in [0.2, 0.25) is 0 Å². The number of alkyl halides is 1.